The lowest BCUT2D eigenvalue weighted by Gasteiger charge is -2.07. The number of hydrogen-bond acceptors (Lipinski definition) is 3. The molecule has 0 fully saturated rings. The predicted molar refractivity (Wildman–Crippen MR) is 38.4 cm³/mol. The van der Waals surface area contributed by atoms with Gasteiger partial charge in [0.25, 0.3) is 0 Å². The monoisotopic (exact) mass is 136 g/mol. The molecule has 0 aromatic rings. The highest BCUT2D eigenvalue weighted by atomic mass is 16.1. The lowest BCUT2D eigenvalue weighted by Crippen LogP contribution is -2.10. The Kier molecular flexibility index (Phi) is 1.61. The summed E-state index contributed by atoms with van der Waals surface area (Å²) in [6.45, 7) is 0. The molecule has 0 amide bonds. The highest BCUT2D eigenvalue weighted by Gasteiger charge is 2.07. The molecule has 3 heteroatoms. The van der Waals surface area contributed by atoms with Crippen molar-refractivity contribution in [1.29, 1.82) is 0 Å². The Balaban J connectivity index is 3.00. The van der Waals surface area contributed by atoms with E-state index in [1.807, 2.05) is 0 Å². The second-order valence-corrected chi connectivity index (χ2v) is 2.12. The molecule has 0 heterocycles. The molecule has 0 saturated carbocycles. The maximum atomic E-state index is 10.2. The van der Waals surface area contributed by atoms with Crippen molar-refractivity contribution in [3.63, 3.8) is 0 Å². The van der Waals surface area contributed by atoms with Crippen LogP contribution < -0.4 is 11.5 Å². The van der Waals surface area contributed by atoms with Crippen LogP contribution in [0.3, 0.4) is 0 Å². The van der Waals surface area contributed by atoms with Crippen molar-refractivity contribution in [3.8, 4) is 0 Å². The summed E-state index contributed by atoms with van der Waals surface area (Å²) in [7, 11) is 0. The van der Waals surface area contributed by atoms with E-state index < -0.39 is 0 Å². The van der Waals surface area contributed by atoms with Crippen molar-refractivity contribution in [2.45, 2.75) is 6.42 Å². The molecule has 0 saturated heterocycles. The van der Waals surface area contributed by atoms with E-state index in [0.717, 1.165) is 0 Å². The topological polar surface area (TPSA) is 69.1 Å². The third-order valence-corrected chi connectivity index (χ3v) is 1.33. The molecule has 0 aromatic heterocycles. The third-order valence-electron chi connectivity index (χ3n) is 1.33. The van der Waals surface area contributed by atoms with Crippen LogP contribution in [0.15, 0.2) is 29.1 Å². The van der Waals surface area contributed by atoms with Gasteiger partial charge in [0, 0.05) is 17.8 Å². The molecule has 1 rings (SSSR count). The molecule has 0 radical (unpaired) electrons. The van der Waals surface area contributed by atoms with Crippen molar-refractivity contribution in [3.05, 3.63) is 29.1 Å². The van der Waals surface area contributed by atoms with Crippen LogP contribution in [0.1, 0.15) is 6.42 Å². The Morgan fingerprint density at radius 2 is 2.10 bits per heavy atom. The van der Waals surface area contributed by atoms with Crippen LogP contribution in [0.4, 0.5) is 0 Å². The Morgan fingerprint density at radius 1 is 1.40 bits per heavy atom. The average molecular weight is 136 g/mol. The van der Waals surface area contributed by atoms with Crippen LogP contribution in [-0.2, 0) is 4.79 Å². The lowest BCUT2D eigenvalue weighted by molar-refractivity contribution is 0.566. The minimum atomic E-state index is 0.422. The van der Waals surface area contributed by atoms with E-state index in [-0.39, 0.29) is 0 Å². The Labute approximate surface area is 58.7 Å². The van der Waals surface area contributed by atoms with Gasteiger partial charge in [-0.1, -0.05) is 0 Å². The maximum Gasteiger partial charge on any atom is 0.130 e. The predicted octanol–water partition coefficient (Wildman–Crippen LogP) is -0.167. The van der Waals surface area contributed by atoms with Gasteiger partial charge in [0.1, 0.15) is 5.94 Å². The minimum absolute atomic E-state index is 0.422. The fraction of sp³-hybridized carbons (Fsp3) is 0.143. The second kappa shape index (κ2) is 2.42. The standard InChI is InChI=1S/C7H8N2O/c8-6-1-2-7(9)5(3-6)4-10/h1-2H,3,8-9H2. The minimum Gasteiger partial charge on any atom is -0.402 e. The molecule has 0 aliphatic heterocycles. The molecule has 0 aromatic carbocycles. The highest BCUT2D eigenvalue weighted by Crippen LogP contribution is 2.14. The molecular weight excluding hydrogens is 128 g/mol. The Morgan fingerprint density at radius 3 is 2.60 bits per heavy atom. The first-order chi connectivity index (χ1) is 4.74. The SMILES string of the molecule is NC1=CC=C(N)C(=C=O)C1. The van der Waals surface area contributed by atoms with Crippen molar-refractivity contribution in [1.82, 2.24) is 0 Å². The molecule has 0 spiro atoms. The number of rotatable bonds is 0. The molecule has 52 valence electrons. The number of hydrogen-bond donors (Lipinski definition) is 2. The summed E-state index contributed by atoms with van der Waals surface area (Å²) in [6.07, 6.45) is 3.72. The van der Waals surface area contributed by atoms with Crippen molar-refractivity contribution >= 4 is 5.94 Å². The molecule has 1 aliphatic carbocycles. The summed E-state index contributed by atoms with van der Waals surface area (Å²) < 4.78 is 0. The van der Waals surface area contributed by atoms with E-state index in [1.165, 1.54) is 0 Å². The first kappa shape index (κ1) is 6.65. The Hall–Kier alpha value is -1.47. The largest absolute Gasteiger partial charge is 0.402 e. The van der Waals surface area contributed by atoms with Crippen LogP contribution in [0, 0.1) is 0 Å². The van der Waals surface area contributed by atoms with Gasteiger partial charge >= 0.3 is 0 Å². The average Bonchev–Trinajstić information content (AvgIpc) is 1.94. The highest BCUT2D eigenvalue weighted by molar-refractivity contribution is 5.62. The van der Waals surface area contributed by atoms with Gasteiger partial charge < -0.3 is 11.5 Å². The molecule has 3 nitrogen and oxygen atoms in total. The van der Waals surface area contributed by atoms with Gasteiger partial charge in [-0.15, -0.1) is 0 Å². The molecule has 0 unspecified atom stereocenters. The first-order valence-electron chi connectivity index (χ1n) is 2.90. The van der Waals surface area contributed by atoms with Crippen LogP contribution in [0.5, 0.6) is 0 Å². The summed E-state index contributed by atoms with van der Waals surface area (Å²) in [5.41, 5.74) is 12.4. The molecule has 10 heavy (non-hydrogen) atoms. The normalized spacial score (nSPS) is 17.4. The van der Waals surface area contributed by atoms with Gasteiger partial charge in [0.15, 0.2) is 0 Å². The second-order valence-electron chi connectivity index (χ2n) is 2.12. The maximum absolute atomic E-state index is 10.2. The van der Waals surface area contributed by atoms with E-state index in [4.69, 9.17) is 11.5 Å². The van der Waals surface area contributed by atoms with Crippen LogP contribution >= 0.6 is 0 Å². The van der Waals surface area contributed by atoms with Gasteiger partial charge in [0.2, 0.25) is 0 Å². The smallest absolute Gasteiger partial charge is 0.130 e. The molecular formula is C7H8N2O. The zero-order valence-electron chi connectivity index (χ0n) is 5.42. The fourth-order valence-corrected chi connectivity index (χ4v) is 0.758. The summed E-state index contributed by atoms with van der Waals surface area (Å²) in [6, 6.07) is 0. The van der Waals surface area contributed by atoms with Crippen LogP contribution in [-0.4, -0.2) is 5.94 Å². The van der Waals surface area contributed by atoms with Crippen molar-refractivity contribution < 1.29 is 4.79 Å². The number of carbonyl (C=O) groups excluding carboxylic acids is 1. The number of allylic oxidation sites excluding steroid dienone is 4. The van der Waals surface area contributed by atoms with Crippen molar-refractivity contribution in [2.24, 2.45) is 11.5 Å². The summed E-state index contributed by atoms with van der Waals surface area (Å²) in [5, 5.41) is 0. The first-order valence-corrected chi connectivity index (χ1v) is 2.90. The third kappa shape index (κ3) is 1.09. The van der Waals surface area contributed by atoms with E-state index >= 15 is 0 Å². The van der Waals surface area contributed by atoms with Gasteiger partial charge in [0.05, 0.1) is 5.57 Å². The summed E-state index contributed by atoms with van der Waals surface area (Å²) in [5.74, 6) is 1.74. The van der Waals surface area contributed by atoms with Gasteiger partial charge in [-0.25, -0.2) is 4.79 Å². The van der Waals surface area contributed by atoms with Gasteiger partial charge in [-0.3, -0.25) is 0 Å². The van der Waals surface area contributed by atoms with Crippen molar-refractivity contribution in [2.75, 3.05) is 0 Å². The number of nitrogens with two attached hydrogens (primary N) is 2. The molecule has 0 atom stereocenters. The summed E-state index contributed by atoms with van der Waals surface area (Å²) >= 11 is 0. The van der Waals surface area contributed by atoms with E-state index in [1.54, 1.807) is 18.1 Å². The van der Waals surface area contributed by atoms with E-state index in [2.05, 4.69) is 0 Å². The van der Waals surface area contributed by atoms with Crippen LogP contribution in [0.2, 0.25) is 0 Å². The zero-order chi connectivity index (χ0) is 7.56. The van der Waals surface area contributed by atoms with E-state index in [0.29, 0.717) is 23.4 Å². The zero-order valence-corrected chi connectivity index (χ0v) is 5.42. The Bertz CT molecular complexity index is 257. The molecule has 4 N–H and O–H groups in total. The quantitative estimate of drug-likeness (QED) is 0.454. The van der Waals surface area contributed by atoms with Crippen LogP contribution in [0.25, 0.3) is 0 Å². The van der Waals surface area contributed by atoms with E-state index in [9.17, 15) is 4.79 Å². The summed E-state index contributed by atoms with van der Waals surface area (Å²) in [4.78, 5) is 10.2. The lowest BCUT2D eigenvalue weighted by atomic mass is 10.0. The van der Waals surface area contributed by atoms with Gasteiger partial charge in [-0.05, 0) is 12.2 Å². The fourth-order valence-electron chi connectivity index (χ4n) is 0.758. The molecule has 0 bridgehead atoms. The molecule has 1 aliphatic rings. The van der Waals surface area contributed by atoms with Gasteiger partial charge in [-0.2, -0.15) is 0 Å².